The molecule has 1 heterocycles. The van der Waals surface area contributed by atoms with E-state index >= 15 is 0 Å². The molecule has 1 aromatic heterocycles. The Kier molecular flexibility index (Phi) is 2.11. The molecule has 14 heavy (non-hydrogen) atoms. The molecule has 2 rings (SSSR count). The fraction of sp³-hybridized carbons (Fsp3) is 0. The molecular weight excluding hydrogens is 172 g/mol. The number of benzene rings is 1. The Labute approximate surface area is 82.6 Å². The van der Waals surface area contributed by atoms with Gasteiger partial charge in [-0.05, 0) is 24.9 Å². The molecule has 0 radical (unpaired) electrons. The van der Waals surface area contributed by atoms with Crippen LogP contribution in [0.3, 0.4) is 0 Å². The molecule has 0 aliphatic carbocycles. The van der Waals surface area contributed by atoms with E-state index in [-0.39, 0.29) is 0 Å². The first-order valence-corrected chi connectivity index (χ1v) is 4.33. The summed E-state index contributed by atoms with van der Waals surface area (Å²) in [6.45, 7) is 7.26. The molecule has 2 heteroatoms. The maximum Gasteiger partial charge on any atom is 0.0723 e. The van der Waals surface area contributed by atoms with Gasteiger partial charge in [0.25, 0.3) is 0 Å². The van der Waals surface area contributed by atoms with Crippen LogP contribution in [-0.2, 0) is 0 Å². The van der Waals surface area contributed by atoms with E-state index in [9.17, 15) is 0 Å². The number of rotatable bonds is 2. The summed E-state index contributed by atoms with van der Waals surface area (Å²) in [5.41, 5.74) is 2.74. The van der Waals surface area contributed by atoms with Crippen molar-refractivity contribution in [1.82, 2.24) is 4.98 Å². The van der Waals surface area contributed by atoms with Crippen LogP contribution in [0.5, 0.6) is 0 Å². The van der Waals surface area contributed by atoms with Crippen molar-refractivity contribution in [3.05, 3.63) is 42.6 Å². The van der Waals surface area contributed by atoms with E-state index in [0.717, 1.165) is 22.2 Å². The highest BCUT2D eigenvalue weighted by Crippen LogP contribution is 2.25. The second-order valence-electron chi connectivity index (χ2n) is 2.97. The molecule has 2 nitrogen and oxygen atoms in total. The summed E-state index contributed by atoms with van der Waals surface area (Å²) in [4.78, 5) is 8.17. The van der Waals surface area contributed by atoms with Crippen LogP contribution >= 0.6 is 0 Å². The molecule has 1 aromatic carbocycles. The Hall–Kier alpha value is -1.96. The first-order valence-electron chi connectivity index (χ1n) is 4.33. The highest BCUT2D eigenvalue weighted by atomic mass is 14.7. The molecule has 0 amide bonds. The average molecular weight is 182 g/mol. The Bertz CT molecular complexity index is 454. The maximum absolute atomic E-state index is 4.24. The lowest BCUT2D eigenvalue weighted by Gasteiger charge is -2.02. The van der Waals surface area contributed by atoms with Crippen LogP contribution in [0.2, 0.25) is 0 Å². The number of nitrogens with zero attached hydrogens (tertiary/aromatic N) is 2. The second-order valence-corrected chi connectivity index (χ2v) is 2.97. The minimum Gasteiger partial charge on any atom is -0.264 e. The highest BCUT2D eigenvalue weighted by Gasteiger charge is 2.00. The van der Waals surface area contributed by atoms with Gasteiger partial charge in [-0.3, -0.25) is 9.98 Å². The van der Waals surface area contributed by atoms with E-state index in [1.54, 1.807) is 12.3 Å². The number of aliphatic imine (C=N–C) groups is 1. The Balaban J connectivity index is 2.81. The zero-order valence-electron chi connectivity index (χ0n) is 7.77. The molecule has 0 aliphatic heterocycles. The van der Waals surface area contributed by atoms with E-state index in [1.165, 1.54) is 0 Å². The van der Waals surface area contributed by atoms with Gasteiger partial charge in [0.05, 0.1) is 11.2 Å². The summed E-state index contributed by atoms with van der Waals surface area (Å²) >= 11 is 0. The zero-order valence-corrected chi connectivity index (χ0v) is 7.77. The predicted octanol–water partition coefficient (Wildman–Crippen LogP) is 3.21. The van der Waals surface area contributed by atoms with Gasteiger partial charge in [0, 0.05) is 17.1 Å². The van der Waals surface area contributed by atoms with Gasteiger partial charge in [0.1, 0.15) is 0 Å². The van der Waals surface area contributed by atoms with Crippen molar-refractivity contribution < 1.29 is 0 Å². The first kappa shape index (κ1) is 8.63. The first-order chi connectivity index (χ1) is 6.85. The highest BCUT2D eigenvalue weighted by molar-refractivity contribution is 5.86. The zero-order chi connectivity index (χ0) is 9.97. The summed E-state index contributed by atoms with van der Waals surface area (Å²) in [6, 6.07) is 7.86. The summed E-state index contributed by atoms with van der Waals surface area (Å²) in [6.07, 6.45) is 3.54. The predicted molar refractivity (Wildman–Crippen MR) is 61.0 cm³/mol. The molecule has 0 unspecified atom stereocenters. The molecule has 68 valence electrons. The molecule has 0 N–H and O–H groups in total. The van der Waals surface area contributed by atoms with Gasteiger partial charge in [0.2, 0.25) is 0 Å². The van der Waals surface area contributed by atoms with Gasteiger partial charge in [-0.1, -0.05) is 18.7 Å². The number of aromatic nitrogens is 1. The third kappa shape index (κ3) is 1.31. The van der Waals surface area contributed by atoms with E-state index in [1.807, 2.05) is 24.3 Å². The lowest BCUT2D eigenvalue weighted by atomic mass is 10.1. The van der Waals surface area contributed by atoms with Crippen molar-refractivity contribution in [2.75, 3.05) is 0 Å². The molecule has 0 saturated carbocycles. The fourth-order valence-corrected chi connectivity index (χ4v) is 1.43. The Morgan fingerprint density at radius 2 is 2.21 bits per heavy atom. The number of pyridine rings is 1. The van der Waals surface area contributed by atoms with Gasteiger partial charge in [-0.25, -0.2) is 0 Å². The van der Waals surface area contributed by atoms with Crippen LogP contribution in [0.15, 0.2) is 42.0 Å². The summed E-state index contributed by atoms with van der Waals surface area (Å²) in [5.74, 6) is 0. The van der Waals surface area contributed by atoms with Gasteiger partial charge in [-0.2, -0.15) is 0 Å². The molecule has 0 saturated heterocycles. The minimum absolute atomic E-state index is 0.825. The van der Waals surface area contributed by atoms with E-state index in [4.69, 9.17) is 0 Å². The molecule has 0 atom stereocenters. The Morgan fingerprint density at radius 1 is 1.36 bits per heavy atom. The van der Waals surface area contributed by atoms with Crippen LogP contribution in [0.25, 0.3) is 17.0 Å². The van der Waals surface area contributed by atoms with Gasteiger partial charge >= 0.3 is 0 Å². The molecule has 0 aliphatic rings. The number of hydrogen-bond acceptors (Lipinski definition) is 2. The summed E-state index contributed by atoms with van der Waals surface area (Å²) in [5, 5.41) is 1.09. The van der Waals surface area contributed by atoms with Crippen LogP contribution < -0.4 is 0 Å². The number of hydrogen-bond donors (Lipinski definition) is 0. The monoisotopic (exact) mass is 182 g/mol. The summed E-state index contributed by atoms with van der Waals surface area (Å²) < 4.78 is 0. The van der Waals surface area contributed by atoms with Gasteiger partial charge in [0.15, 0.2) is 0 Å². The molecule has 0 spiro atoms. The van der Waals surface area contributed by atoms with Crippen molar-refractivity contribution in [1.29, 1.82) is 0 Å². The number of fused-ring (bicyclic) bond motifs is 1. The van der Waals surface area contributed by atoms with Crippen LogP contribution in [-0.4, -0.2) is 11.7 Å². The molecule has 0 fully saturated rings. The van der Waals surface area contributed by atoms with E-state index in [0.29, 0.717) is 0 Å². The van der Waals surface area contributed by atoms with Crippen molar-refractivity contribution in [3.8, 4) is 0 Å². The lowest BCUT2D eigenvalue weighted by Crippen LogP contribution is -1.80. The largest absolute Gasteiger partial charge is 0.264 e. The third-order valence-corrected chi connectivity index (χ3v) is 2.14. The van der Waals surface area contributed by atoms with Gasteiger partial charge < -0.3 is 0 Å². The van der Waals surface area contributed by atoms with Crippen LogP contribution in [0.1, 0.15) is 5.56 Å². The standard InChI is InChI=1S/C12H10N2/c1-3-9-7-10-5-4-6-14-12(10)8-11(9)13-2/h3-8H,1-2H2. The Morgan fingerprint density at radius 3 is 2.93 bits per heavy atom. The molecule has 0 bridgehead atoms. The molecule has 2 aromatic rings. The van der Waals surface area contributed by atoms with Crippen molar-refractivity contribution in [2.45, 2.75) is 0 Å². The quantitative estimate of drug-likeness (QED) is 0.654. The van der Waals surface area contributed by atoms with Crippen LogP contribution in [0, 0.1) is 0 Å². The fourth-order valence-electron chi connectivity index (χ4n) is 1.43. The van der Waals surface area contributed by atoms with Crippen LogP contribution in [0.4, 0.5) is 5.69 Å². The lowest BCUT2D eigenvalue weighted by molar-refractivity contribution is 1.40. The van der Waals surface area contributed by atoms with E-state index in [2.05, 4.69) is 23.3 Å². The smallest absolute Gasteiger partial charge is 0.0723 e. The molecular formula is C12H10N2. The van der Waals surface area contributed by atoms with Crippen molar-refractivity contribution in [2.24, 2.45) is 4.99 Å². The summed E-state index contributed by atoms with van der Waals surface area (Å²) in [7, 11) is 0. The minimum atomic E-state index is 0.825. The second kappa shape index (κ2) is 3.42. The van der Waals surface area contributed by atoms with Gasteiger partial charge in [-0.15, -0.1) is 0 Å². The topological polar surface area (TPSA) is 25.2 Å². The van der Waals surface area contributed by atoms with Crippen molar-refractivity contribution in [3.63, 3.8) is 0 Å². The SMILES string of the molecule is C=Cc1cc2cccnc2cc1N=C. The average Bonchev–Trinajstić information content (AvgIpc) is 2.27. The van der Waals surface area contributed by atoms with E-state index < -0.39 is 0 Å². The van der Waals surface area contributed by atoms with Crippen molar-refractivity contribution >= 4 is 29.4 Å². The normalized spacial score (nSPS) is 10.0. The third-order valence-electron chi connectivity index (χ3n) is 2.14. The maximum atomic E-state index is 4.24.